The lowest BCUT2D eigenvalue weighted by atomic mass is 9.90. The normalized spacial score (nSPS) is 12.8. The quantitative estimate of drug-likeness (QED) is 0.201. The van der Waals surface area contributed by atoms with Crippen LogP contribution < -0.4 is 0 Å². The number of rotatable bonds is 6. The summed E-state index contributed by atoms with van der Waals surface area (Å²) in [6.45, 7) is 5.55. The number of allylic oxidation sites excluding steroid dienone is 1. The third-order valence-electron chi connectivity index (χ3n) is 5.30. The number of carbonyl (C=O) groups excluding carboxylic acids is 1. The fourth-order valence-corrected chi connectivity index (χ4v) is 3.54. The Balaban J connectivity index is 2.17. The standard InChI is InChI=1S/C26H21F6NO2/c1-15(2)12-21(24(34)35-3)18-13-22(16-4-8-19(9-5-16)25(27,28)29)33-23(14-18)17-6-10-20(11-7-17)26(30,31)32/h4-11,13-14,21H,1,12H2,2-3H3. The Morgan fingerprint density at radius 3 is 1.57 bits per heavy atom. The Kier molecular flexibility index (Phi) is 7.38. The molecule has 0 aliphatic heterocycles. The highest BCUT2D eigenvalue weighted by molar-refractivity contribution is 5.80. The molecule has 0 saturated heterocycles. The summed E-state index contributed by atoms with van der Waals surface area (Å²) < 4.78 is 82.8. The van der Waals surface area contributed by atoms with Gasteiger partial charge in [0.2, 0.25) is 0 Å². The zero-order valence-corrected chi connectivity index (χ0v) is 18.8. The van der Waals surface area contributed by atoms with Crippen LogP contribution in [0, 0.1) is 0 Å². The molecule has 3 aromatic rings. The molecule has 0 radical (unpaired) electrons. The van der Waals surface area contributed by atoms with E-state index in [0.717, 1.165) is 24.3 Å². The first-order valence-electron chi connectivity index (χ1n) is 10.4. The topological polar surface area (TPSA) is 39.2 Å². The van der Waals surface area contributed by atoms with E-state index in [1.165, 1.54) is 31.4 Å². The maximum atomic E-state index is 13.0. The van der Waals surface area contributed by atoms with Crippen LogP contribution in [-0.4, -0.2) is 18.1 Å². The number of benzene rings is 2. The monoisotopic (exact) mass is 493 g/mol. The minimum Gasteiger partial charge on any atom is -0.469 e. The molecule has 35 heavy (non-hydrogen) atoms. The van der Waals surface area contributed by atoms with Crippen molar-refractivity contribution in [2.45, 2.75) is 31.6 Å². The van der Waals surface area contributed by atoms with Crippen molar-refractivity contribution in [3.63, 3.8) is 0 Å². The fourth-order valence-electron chi connectivity index (χ4n) is 3.54. The maximum Gasteiger partial charge on any atom is 0.416 e. The molecule has 9 heteroatoms. The zero-order chi connectivity index (χ0) is 26.0. The van der Waals surface area contributed by atoms with Crippen LogP contribution in [0.15, 0.2) is 72.8 Å². The van der Waals surface area contributed by atoms with Crippen LogP contribution in [0.4, 0.5) is 26.3 Å². The van der Waals surface area contributed by atoms with Crippen molar-refractivity contribution in [1.82, 2.24) is 4.98 Å². The van der Waals surface area contributed by atoms with Gasteiger partial charge in [0.1, 0.15) is 0 Å². The molecule has 1 aromatic heterocycles. The second-order valence-corrected chi connectivity index (χ2v) is 8.06. The number of halogens is 6. The van der Waals surface area contributed by atoms with Gasteiger partial charge in [-0.05, 0) is 55.3 Å². The first-order chi connectivity index (χ1) is 16.3. The van der Waals surface area contributed by atoms with Crippen molar-refractivity contribution in [3.8, 4) is 22.5 Å². The van der Waals surface area contributed by atoms with Gasteiger partial charge in [-0.2, -0.15) is 26.3 Å². The second kappa shape index (κ2) is 9.93. The molecule has 0 fully saturated rings. The zero-order valence-electron chi connectivity index (χ0n) is 18.8. The van der Waals surface area contributed by atoms with Gasteiger partial charge in [0.25, 0.3) is 0 Å². The minimum absolute atomic E-state index is 0.232. The van der Waals surface area contributed by atoms with Crippen molar-refractivity contribution < 1.29 is 35.9 Å². The molecule has 0 spiro atoms. The molecule has 1 atom stereocenters. The van der Waals surface area contributed by atoms with Crippen LogP contribution >= 0.6 is 0 Å². The molecular formula is C26H21F6NO2. The molecule has 0 saturated carbocycles. The average Bonchev–Trinajstić information content (AvgIpc) is 2.80. The lowest BCUT2D eigenvalue weighted by molar-refractivity contribution is -0.142. The molecule has 1 heterocycles. The number of hydrogen-bond donors (Lipinski definition) is 0. The van der Waals surface area contributed by atoms with Crippen molar-refractivity contribution in [2.75, 3.05) is 7.11 Å². The highest BCUT2D eigenvalue weighted by atomic mass is 19.4. The number of nitrogens with zero attached hydrogens (tertiary/aromatic N) is 1. The first kappa shape index (κ1) is 26.0. The van der Waals surface area contributed by atoms with E-state index in [1.54, 1.807) is 19.1 Å². The van der Waals surface area contributed by atoms with Gasteiger partial charge in [0, 0.05) is 11.1 Å². The summed E-state index contributed by atoms with van der Waals surface area (Å²) >= 11 is 0. The largest absolute Gasteiger partial charge is 0.469 e. The van der Waals surface area contributed by atoms with E-state index in [-0.39, 0.29) is 17.8 Å². The molecular weight excluding hydrogens is 472 g/mol. The van der Waals surface area contributed by atoms with Gasteiger partial charge in [-0.1, -0.05) is 29.8 Å². The van der Waals surface area contributed by atoms with Gasteiger partial charge in [0.15, 0.2) is 0 Å². The second-order valence-electron chi connectivity index (χ2n) is 8.06. The SMILES string of the molecule is C=C(C)CC(C(=O)OC)c1cc(-c2ccc(C(F)(F)F)cc2)nc(-c2ccc(C(F)(F)F)cc2)c1. The number of alkyl halides is 6. The molecule has 0 N–H and O–H groups in total. The van der Waals surface area contributed by atoms with Gasteiger partial charge in [0.05, 0.1) is 35.5 Å². The van der Waals surface area contributed by atoms with Crippen LogP contribution in [0.5, 0.6) is 0 Å². The average molecular weight is 493 g/mol. The smallest absolute Gasteiger partial charge is 0.416 e. The molecule has 1 unspecified atom stereocenters. The van der Waals surface area contributed by atoms with Crippen molar-refractivity contribution >= 4 is 5.97 Å². The van der Waals surface area contributed by atoms with E-state index in [9.17, 15) is 31.1 Å². The lowest BCUT2D eigenvalue weighted by Gasteiger charge is -2.18. The summed E-state index contributed by atoms with van der Waals surface area (Å²) in [7, 11) is 1.22. The Morgan fingerprint density at radius 1 is 0.857 bits per heavy atom. The molecule has 3 rings (SSSR count). The first-order valence-corrected chi connectivity index (χ1v) is 10.4. The van der Waals surface area contributed by atoms with E-state index < -0.39 is 35.4 Å². The van der Waals surface area contributed by atoms with Crippen LogP contribution in [0.25, 0.3) is 22.5 Å². The molecule has 184 valence electrons. The number of esters is 1. The van der Waals surface area contributed by atoms with Gasteiger partial charge < -0.3 is 4.74 Å². The summed E-state index contributed by atoms with van der Waals surface area (Å²) in [5.74, 6) is -1.35. The predicted molar refractivity (Wildman–Crippen MR) is 119 cm³/mol. The van der Waals surface area contributed by atoms with Gasteiger partial charge in [-0.25, -0.2) is 4.98 Å². The fraction of sp³-hybridized carbons (Fsp3) is 0.231. The van der Waals surface area contributed by atoms with Crippen molar-refractivity contribution in [2.24, 2.45) is 0 Å². The molecule has 0 aliphatic rings. The summed E-state index contributed by atoms with van der Waals surface area (Å²) in [5.41, 5.74) is 0.636. The number of carbonyl (C=O) groups is 1. The molecule has 3 nitrogen and oxygen atoms in total. The van der Waals surface area contributed by atoms with Crippen LogP contribution in [0.2, 0.25) is 0 Å². The van der Waals surface area contributed by atoms with Crippen molar-refractivity contribution in [3.05, 3.63) is 89.5 Å². The number of hydrogen-bond acceptors (Lipinski definition) is 3. The van der Waals surface area contributed by atoms with Crippen LogP contribution in [0.1, 0.15) is 36.0 Å². The third-order valence-corrected chi connectivity index (χ3v) is 5.30. The van der Waals surface area contributed by atoms with Gasteiger partial charge in [-0.15, -0.1) is 6.58 Å². The minimum atomic E-state index is -4.52. The summed E-state index contributed by atoms with van der Waals surface area (Å²) in [6, 6.07) is 11.7. The van der Waals surface area contributed by atoms with E-state index in [4.69, 9.17) is 4.74 Å². The van der Waals surface area contributed by atoms with E-state index in [2.05, 4.69) is 11.6 Å². The molecule has 0 aliphatic carbocycles. The number of aromatic nitrogens is 1. The highest BCUT2D eigenvalue weighted by Gasteiger charge is 2.31. The Hall–Kier alpha value is -3.62. The van der Waals surface area contributed by atoms with E-state index in [0.29, 0.717) is 22.3 Å². The van der Waals surface area contributed by atoms with Crippen molar-refractivity contribution in [1.29, 1.82) is 0 Å². The molecule has 2 aromatic carbocycles. The Bertz CT molecular complexity index is 1140. The number of methoxy groups -OCH3 is 1. The Morgan fingerprint density at radius 2 is 1.26 bits per heavy atom. The highest BCUT2D eigenvalue weighted by Crippen LogP contribution is 2.35. The summed E-state index contributed by atoms with van der Waals surface area (Å²) in [4.78, 5) is 17.0. The molecule has 0 amide bonds. The number of pyridine rings is 1. The number of ether oxygens (including phenoxy) is 1. The summed E-state index contributed by atoms with van der Waals surface area (Å²) in [6.07, 6.45) is -8.80. The van der Waals surface area contributed by atoms with E-state index in [1.807, 2.05) is 0 Å². The summed E-state index contributed by atoms with van der Waals surface area (Å²) in [5, 5.41) is 0. The van der Waals surface area contributed by atoms with Crippen LogP contribution in [-0.2, 0) is 21.9 Å². The molecule has 0 bridgehead atoms. The van der Waals surface area contributed by atoms with Gasteiger partial charge in [-0.3, -0.25) is 4.79 Å². The van der Waals surface area contributed by atoms with Gasteiger partial charge >= 0.3 is 18.3 Å². The maximum absolute atomic E-state index is 13.0. The van der Waals surface area contributed by atoms with E-state index >= 15 is 0 Å². The predicted octanol–water partition coefficient (Wildman–Crippen LogP) is 7.68. The lowest BCUT2D eigenvalue weighted by Crippen LogP contribution is -2.15. The Labute approximate surface area is 198 Å². The van der Waals surface area contributed by atoms with Crippen LogP contribution in [0.3, 0.4) is 0 Å². The third kappa shape index (κ3) is 6.29.